The predicted octanol–water partition coefficient (Wildman–Crippen LogP) is 5.50. The lowest BCUT2D eigenvalue weighted by Crippen LogP contribution is -2.31. The Morgan fingerprint density at radius 2 is 1.81 bits per heavy atom. The van der Waals surface area contributed by atoms with E-state index in [1.54, 1.807) is 31.2 Å². The molecule has 0 amide bonds. The molecule has 1 aromatic carbocycles. The van der Waals surface area contributed by atoms with Gasteiger partial charge in [0.15, 0.2) is 5.03 Å². The van der Waals surface area contributed by atoms with E-state index in [1.807, 2.05) is 0 Å². The van der Waals surface area contributed by atoms with Crippen LogP contribution in [0.15, 0.2) is 59.6 Å². The Kier molecular flexibility index (Phi) is 7.54. The molecule has 2 atom stereocenters. The number of sulfone groups is 1. The Hall–Kier alpha value is -3.47. The number of hydrogen-bond acceptors (Lipinski definition) is 6. The summed E-state index contributed by atoms with van der Waals surface area (Å²) in [5.41, 5.74) is -0.464. The van der Waals surface area contributed by atoms with Crippen LogP contribution >= 0.6 is 0 Å². The smallest absolute Gasteiger partial charge is 0.418 e. The van der Waals surface area contributed by atoms with Crippen LogP contribution in [0.5, 0.6) is 0 Å². The van der Waals surface area contributed by atoms with Gasteiger partial charge in [0, 0.05) is 11.6 Å². The molecular formula is C26H26F3N3O4S. The second-order valence-electron chi connectivity index (χ2n) is 9.17. The van der Waals surface area contributed by atoms with Gasteiger partial charge in [0.05, 0.1) is 28.6 Å². The van der Waals surface area contributed by atoms with Crippen LogP contribution in [0.1, 0.15) is 42.5 Å². The van der Waals surface area contributed by atoms with Crippen molar-refractivity contribution in [1.29, 1.82) is 0 Å². The Labute approximate surface area is 212 Å². The van der Waals surface area contributed by atoms with E-state index in [4.69, 9.17) is 0 Å². The fraction of sp³-hybridized carbons (Fsp3) is 0.346. The minimum atomic E-state index is -4.66. The van der Waals surface area contributed by atoms with E-state index in [9.17, 15) is 31.5 Å². The normalized spacial score (nSPS) is 18.4. The molecule has 1 saturated carbocycles. The first-order chi connectivity index (χ1) is 17.4. The third-order valence-corrected chi connectivity index (χ3v) is 7.95. The number of aliphatic carboxylic acids is 1. The molecule has 0 unspecified atom stereocenters. The summed E-state index contributed by atoms with van der Waals surface area (Å²) in [6.45, 7) is 1.66. The number of hydrogen-bond donors (Lipinski definition) is 2. The maximum Gasteiger partial charge on any atom is 0.418 e. The third-order valence-electron chi connectivity index (χ3n) is 6.41. The third kappa shape index (κ3) is 6.27. The van der Waals surface area contributed by atoms with Crippen LogP contribution in [0.2, 0.25) is 0 Å². The summed E-state index contributed by atoms with van der Waals surface area (Å²) in [4.78, 5) is 19.7. The highest BCUT2D eigenvalue weighted by Gasteiger charge is 2.35. The highest BCUT2D eigenvalue weighted by atomic mass is 32.2. The molecule has 7 nitrogen and oxygen atoms in total. The van der Waals surface area contributed by atoms with Crippen LogP contribution < -0.4 is 5.32 Å². The average Bonchev–Trinajstić information content (AvgIpc) is 2.84. The molecule has 0 bridgehead atoms. The number of nitrogens with one attached hydrogen (secondary N) is 1. The zero-order chi connectivity index (χ0) is 26.8. The van der Waals surface area contributed by atoms with E-state index < -0.39 is 39.2 Å². The van der Waals surface area contributed by atoms with Gasteiger partial charge in [-0.3, -0.25) is 9.78 Å². The first kappa shape index (κ1) is 26.6. The molecule has 0 radical (unpaired) electrons. The van der Waals surface area contributed by atoms with Gasteiger partial charge in [-0.1, -0.05) is 36.8 Å². The molecule has 2 N–H and O–H groups in total. The second kappa shape index (κ2) is 10.5. The number of carbonyl (C=O) groups is 1. The average molecular weight is 534 g/mol. The van der Waals surface area contributed by atoms with E-state index in [2.05, 4.69) is 15.3 Å². The van der Waals surface area contributed by atoms with Gasteiger partial charge >= 0.3 is 12.1 Å². The van der Waals surface area contributed by atoms with Crippen molar-refractivity contribution in [3.8, 4) is 11.3 Å². The SMILES string of the molecule is Cc1ccccc1-c1nc(CS(=O)(=O)c2cccc(N[C@@H]3CCC[C@@H](C(=O)O)C3)n2)ccc1C(F)(F)F. The van der Waals surface area contributed by atoms with Crippen molar-refractivity contribution < 1.29 is 31.5 Å². The minimum Gasteiger partial charge on any atom is -0.481 e. The van der Waals surface area contributed by atoms with Gasteiger partial charge in [-0.25, -0.2) is 13.4 Å². The molecule has 0 aliphatic heterocycles. The molecule has 4 rings (SSSR count). The van der Waals surface area contributed by atoms with Crippen molar-refractivity contribution in [2.75, 3.05) is 5.32 Å². The Morgan fingerprint density at radius 1 is 1.05 bits per heavy atom. The van der Waals surface area contributed by atoms with Crippen molar-refractivity contribution in [3.63, 3.8) is 0 Å². The van der Waals surface area contributed by atoms with Gasteiger partial charge in [-0.2, -0.15) is 13.2 Å². The minimum absolute atomic E-state index is 0.0389. The monoisotopic (exact) mass is 533 g/mol. The number of alkyl halides is 3. The lowest BCUT2D eigenvalue weighted by Gasteiger charge is -2.27. The van der Waals surface area contributed by atoms with Gasteiger partial charge in [-0.05, 0) is 56.0 Å². The molecule has 11 heteroatoms. The maximum atomic E-state index is 13.7. The van der Waals surface area contributed by atoms with Gasteiger partial charge in [-0.15, -0.1) is 0 Å². The fourth-order valence-electron chi connectivity index (χ4n) is 4.54. The predicted molar refractivity (Wildman–Crippen MR) is 132 cm³/mol. The lowest BCUT2D eigenvalue weighted by molar-refractivity contribution is -0.143. The number of aromatic nitrogens is 2. The van der Waals surface area contributed by atoms with Crippen LogP contribution in [0.4, 0.5) is 19.0 Å². The lowest BCUT2D eigenvalue weighted by atomic mass is 9.86. The molecule has 196 valence electrons. The van der Waals surface area contributed by atoms with E-state index in [-0.39, 0.29) is 33.8 Å². The zero-order valence-corrected chi connectivity index (χ0v) is 20.8. The molecule has 2 heterocycles. The number of benzene rings is 1. The summed E-state index contributed by atoms with van der Waals surface area (Å²) in [5, 5.41) is 12.2. The number of halogens is 3. The van der Waals surface area contributed by atoms with E-state index in [1.165, 1.54) is 18.2 Å². The van der Waals surface area contributed by atoms with Crippen molar-refractivity contribution in [2.45, 2.75) is 55.6 Å². The molecule has 37 heavy (non-hydrogen) atoms. The molecule has 0 saturated heterocycles. The number of rotatable bonds is 7. The zero-order valence-electron chi connectivity index (χ0n) is 20.0. The number of carboxylic acids is 1. The molecule has 1 aliphatic rings. The van der Waals surface area contributed by atoms with E-state index in [0.717, 1.165) is 25.0 Å². The Balaban J connectivity index is 1.60. The Bertz CT molecular complexity index is 1410. The summed E-state index contributed by atoms with van der Waals surface area (Å²) in [6, 6.07) is 12.7. The van der Waals surface area contributed by atoms with Gasteiger partial charge in [0.1, 0.15) is 5.82 Å². The number of pyridine rings is 2. The van der Waals surface area contributed by atoms with Gasteiger partial charge < -0.3 is 10.4 Å². The molecule has 1 aliphatic carbocycles. The summed E-state index contributed by atoms with van der Waals surface area (Å²) in [5.74, 6) is -1.67. The summed E-state index contributed by atoms with van der Waals surface area (Å²) < 4.78 is 67.4. The summed E-state index contributed by atoms with van der Waals surface area (Å²) >= 11 is 0. The van der Waals surface area contributed by atoms with Crippen molar-refractivity contribution in [1.82, 2.24) is 9.97 Å². The van der Waals surface area contributed by atoms with E-state index >= 15 is 0 Å². The van der Waals surface area contributed by atoms with Crippen LogP contribution in [-0.2, 0) is 26.6 Å². The van der Waals surface area contributed by atoms with E-state index in [0.29, 0.717) is 18.4 Å². The van der Waals surface area contributed by atoms with Crippen molar-refractivity contribution >= 4 is 21.6 Å². The van der Waals surface area contributed by atoms with Crippen molar-refractivity contribution in [3.05, 3.63) is 71.4 Å². The summed E-state index contributed by atoms with van der Waals surface area (Å²) in [6.07, 6.45) is -2.19. The number of anilines is 1. The number of carboxylic acid groups (broad SMARTS) is 1. The topological polar surface area (TPSA) is 109 Å². The molecule has 3 aromatic rings. The largest absolute Gasteiger partial charge is 0.481 e. The van der Waals surface area contributed by atoms with Crippen LogP contribution in [0, 0.1) is 12.8 Å². The highest BCUT2D eigenvalue weighted by molar-refractivity contribution is 7.90. The van der Waals surface area contributed by atoms with Crippen molar-refractivity contribution in [2.24, 2.45) is 5.92 Å². The second-order valence-corrected chi connectivity index (χ2v) is 11.1. The quantitative estimate of drug-likeness (QED) is 0.413. The summed E-state index contributed by atoms with van der Waals surface area (Å²) in [7, 11) is -4.05. The number of aryl methyl sites for hydroxylation is 1. The molecular weight excluding hydrogens is 507 g/mol. The van der Waals surface area contributed by atoms with Crippen LogP contribution in [0.3, 0.4) is 0 Å². The molecule has 1 fully saturated rings. The van der Waals surface area contributed by atoms with Gasteiger partial charge in [0.25, 0.3) is 0 Å². The maximum absolute atomic E-state index is 13.7. The standard InChI is InChI=1S/C26H26F3N3O4S/c1-16-6-2-3-9-20(16)24-21(26(27,28)29)13-12-19(31-24)15-37(35,36)23-11-5-10-22(32-23)30-18-8-4-7-17(14-18)25(33)34/h2-3,5-6,9-13,17-18H,4,7-8,14-15H2,1H3,(H,30,32)(H,33,34)/t17-,18-/m1/s1. The van der Waals surface area contributed by atoms with Crippen LogP contribution in [0.25, 0.3) is 11.3 Å². The first-order valence-corrected chi connectivity index (χ1v) is 13.4. The Morgan fingerprint density at radius 3 is 2.51 bits per heavy atom. The fourth-order valence-corrected chi connectivity index (χ4v) is 5.77. The first-order valence-electron chi connectivity index (χ1n) is 11.8. The van der Waals surface area contributed by atoms with Crippen LogP contribution in [-0.4, -0.2) is 35.5 Å². The van der Waals surface area contributed by atoms with Gasteiger partial charge in [0.2, 0.25) is 9.84 Å². The highest BCUT2D eigenvalue weighted by Crippen LogP contribution is 2.37. The number of nitrogens with zero attached hydrogens (tertiary/aromatic N) is 2. The molecule has 0 spiro atoms. The molecule has 2 aromatic heterocycles.